The predicted octanol–water partition coefficient (Wildman–Crippen LogP) is 0.0705. The Kier molecular flexibility index (Phi) is 3.37. The molecule has 0 radical (unpaired) electrons. The molecule has 2 heterocycles. The molecule has 0 atom stereocenters. The summed E-state index contributed by atoms with van der Waals surface area (Å²) in [5.41, 5.74) is 0.467. The first-order chi connectivity index (χ1) is 7.68. The Morgan fingerprint density at radius 1 is 1.38 bits per heavy atom. The molecule has 0 amide bonds. The van der Waals surface area contributed by atoms with Crippen LogP contribution in [0.4, 0.5) is 5.69 Å². The Morgan fingerprint density at radius 3 is 2.75 bits per heavy atom. The number of nitrogens with one attached hydrogen (secondary N) is 1. The van der Waals surface area contributed by atoms with Crippen LogP contribution in [0.25, 0.3) is 0 Å². The van der Waals surface area contributed by atoms with Gasteiger partial charge >= 0.3 is 10.2 Å². The molecule has 1 aliphatic rings. The lowest BCUT2D eigenvalue weighted by Crippen LogP contribution is -2.43. The highest BCUT2D eigenvalue weighted by molar-refractivity contribution is 7.90. The highest BCUT2D eigenvalue weighted by atomic mass is 32.2. The maximum absolute atomic E-state index is 11.9. The average molecular weight is 243 g/mol. The van der Waals surface area contributed by atoms with Crippen LogP contribution in [0.2, 0.25) is 0 Å². The monoisotopic (exact) mass is 243 g/mol. The first-order valence-electron chi connectivity index (χ1n) is 4.94. The zero-order chi connectivity index (χ0) is 11.4. The molecule has 0 aliphatic carbocycles. The number of rotatable bonds is 3. The minimum absolute atomic E-state index is 0.385. The molecule has 0 bridgehead atoms. The molecule has 1 fully saturated rings. The lowest BCUT2D eigenvalue weighted by Gasteiger charge is -2.26. The average Bonchev–Trinajstić information content (AvgIpc) is 2.31. The Labute approximate surface area is 94.4 Å². The van der Waals surface area contributed by atoms with Crippen molar-refractivity contribution >= 4 is 15.9 Å². The fraction of sp³-hybridized carbons (Fsp3) is 0.444. The van der Waals surface area contributed by atoms with Crippen molar-refractivity contribution in [2.45, 2.75) is 0 Å². The summed E-state index contributed by atoms with van der Waals surface area (Å²) in [5, 5.41) is 0. The zero-order valence-corrected chi connectivity index (χ0v) is 9.48. The lowest BCUT2D eigenvalue weighted by atomic mass is 10.4. The van der Waals surface area contributed by atoms with E-state index in [4.69, 9.17) is 4.74 Å². The van der Waals surface area contributed by atoms with Gasteiger partial charge in [-0.25, -0.2) is 0 Å². The third kappa shape index (κ3) is 2.69. The van der Waals surface area contributed by atoms with Crippen LogP contribution in [-0.4, -0.2) is 44.0 Å². The summed E-state index contributed by atoms with van der Waals surface area (Å²) >= 11 is 0. The van der Waals surface area contributed by atoms with Crippen LogP contribution in [0.1, 0.15) is 0 Å². The molecule has 7 heteroatoms. The molecular weight excluding hydrogens is 230 g/mol. The minimum atomic E-state index is -3.47. The Morgan fingerprint density at radius 2 is 2.12 bits per heavy atom. The van der Waals surface area contributed by atoms with Crippen molar-refractivity contribution in [1.82, 2.24) is 9.29 Å². The van der Waals surface area contributed by atoms with Crippen molar-refractivity contribution in [2.75, 3.05) is 31.0 Å². The largest absolute Gasteiger partial charge is 0.379 e. The van der Waals surface area contributed by atoms with E-state index in [0.717, 1.165) is 0 Å². The third-order valence-corrected chi connectivity index (χ3v) is 3.76. The summed E-state index contributed by atoms with van der Waals surface area (Å²) < 4.78 is 32.7. The molecule has 6 nitrogen and oxygen atoms in total. The van der Waals surface area contributed by atoms with E-state index >= 15 is 0 Å². The van der Waals surface area contributed by atoms with E-state index in [1.807, 2.05) is 0 Å². The summed E-state index contributed by atoms with van der Waals surface area (Å²) in [6.45, 7) is 1.65. The topological polar surface area (TPSA) is 71.5 Å². The molecule has 1 saturated heterocycles. The highest BCUT2D eigenvalue weighted by Crippen LogP contribution is 2.10. The Balaban J connectivity index is 2.08. The van der Waals surface area contributed by atoms with Gasteiger partial charge in [-0.3, -0.25) is 9.71 Å². The van der Waals surface area contributed by atoms with E-state index < -0.39 is 10.2 Å². The van der Waals surface area contributed by atoms with Gasteiger partial charge in [0.2, 0.25) is 0 Å². The maximum Gasteiger partial charge on any atom is 0.301 e. The van der Waals surface area contributed by atoms with Gasteiger partial charge in [-0.1, -0.05) is 0 Å². The maximum atomic E-state index is 11.9. The third-order valence-electron chi connectivity index (χ3n) is 2.22. The summed E-state index contributed by atoms with van der Waals surface area (Å²) in [6, 6.07) is 3.34. The fourth-order valence-electron chi connectivity index (χ4n) is 1.42. The molecule has 1 aliphatic heterocycles. The van der Waals surface area contributed by atoms with E-state index in [2.05, 4.69) is 9.71 Å². The number of anilines is 1. The van der Waals surface area contributed by atoms with Crippen LogP contribution in [-0.2, 0) is 14.9 Å². The van der Waals surface area contributed by atoms with E-state index in [0.29, 0.717) is 32.0 Å². The second-order valence-corrected chi connectivity index (χ2v) is 5.03. The summed E-state index contributed by atoms with van der Waals surface area (Å²) in [4.78, 5) is 3.84. The van der Waals surface area contributed by atoms with Crippen LogP contribution < -0.4 is 4.72 Å². The van der Waals surface area contributed by atoms with Gasteiger partial charge in [-0.05, 0) is 12.1 Å². The minimum Gasteiger partial charge on any atom is -0.379 e. The van der Waals surface area contributed by atoms with Crippen molar-refractivity contribution in [1.29, 1.82) is 0 Å². The van der Waals surface area contributed by atoms with Crippen molar-refractivity contribution in [3.05, 3.63) is 24.5 Å². The first-order valence-corrected chi connectivity index (χ1v) is 6.38. The molecule has 88 valence electrons. The molecule has 2 rings (SSSR count). The molecule has 1 aromatic heterocycles. The van der Waals surface area contributed by atoms with Gasteiger partial charge in [0.1, 0.15) is 0 Å². The second kappa shape index (κ2) is 4.77. The number of hydrogen-bond donors (Lipinski definition) is 1. The predicted molar refractivity (Wildman–Crippen MR) is 59.2 cm³/mol. The quantitative estimate of drug-likeness (QED) is 0.815. The van der Waals surface area contributed by atoms with Gasteiger partial charge in [0.25, 0.3) is 0 Å². The molecule has 1 aromatic rings. The summed E-state index contributed by atoms with van der Waals surface area (Å²) in [7, 11) is -3.47. The van der Waals surface area contributed by atoms with Gasteiger partial charge in [0.05, 0.1) is 25.1 Å². The van der Waals surface area contributed by atoms with Crippen molar-refractivity contribution < 1.29 is 13.2 Å². The SMILES string of the molecule is O=S(=O)(Nc1cccnc1)N1CCOCC1. The summed E-state index contributed by atoms with van der Waals surface area (Å²) in [5.74, 6) is 0. The number of ether oxygens (including phenoxy) is 1. The van der Waals surface area contributed by atoms with Crippen molar-refractivity contribution in [2.24, 2.45) is 0 Å². The number of morpholine rings is 1. The zero-order valence-electron chi connectivity index (χ0n) is 8.67. The number of hydrogen-bond acceptors (Lipinski definition) is 4. The van der Waals surface area contributed by atoms with Crippen molar-refractivity contribution in [3.63, 3.8) is 0 Å². The van der Waals surface area contributed by atoms with Gasteiger partial charge in [-0.2, -0.15) is 12.7 Å². The number of nitrogens with zero attached hydrogens (tertiary/aromatic N) is 2. The van der Waals surface area contributed by atoms with Gasteiger partial charge in [0, 0.05) is 19.3 Å². The smallest absolute Gasteiger partial charge is 0.301 e. The number of pyridine rings is 1. The summed E-state index contributed by atoms with van der Waals surface area (Å²) in [6.07, 6.45) is 3.06. The fourth-order valence-corrected chi connectivity index (χ4v) is 2.60. The van der Waals surface area contributed by atoms with Crippen molar-refractivity contribution in [3.8, 4) is 0 Å². The molecular formula is C9H13N3O3S. The van der Waals surface area contributed by atoms with Crippen LogP contribution in [0, 0.1) is 0 Å². The molecule has 0 saturated carbocycles. The van der Waals surface area contributed by atoms with Crippen LogP contribution in [0.5, 0.6) is 0 Å². The Bertz CT molecular complexity index is 429. The Hall–Kier alpha value is -1.18. The lowest BCUT2D eigenvalue weighted by molar-refractivity contribution is 0.0733. The van der Waals surface area contributed by atoms with Crippen LogP contribution in [0.15, 0.2) is 24.5 Å². The molecule has 1 N–H and O–H groups in total. The molecule has 0 aromatic carbocycles. The highest BCUT2D eigenvalue weighted by Gasteiger charge is 2.23. The molecule has 0 spiro atoms. The number of aromatic nitrogens is 1. The van der Waals surface area contributed by atoms with E-state index in [1.54, 1.807) is 18.3 Å². The van der Waals surface area contributed by atoms with E-state index in [-0.39, 0.29) is 0 Å². The van der Waals surface area contributed by atoms with Gasteiger partial charge in [0.15, 0.2) is 0 Å². The first kappa shape index (κ1) is 11.3. The van der Waals surface area contributed by atoms with E-state index in [9.17, 15) is 8.42 Å². The van der Waals surface area contributed by atoms with E-state index in [1.165, 1.54) is 10.5 Å². The molecule has 16 heavy (non-hydrogen) atoms. The van der Waals surface area contributed by atoms with Gasteiger partial charge in [-0.15, -0.1) is 0 Å². The molecule has 0 unspecified atom stereocenters. The van der Waals surface area contributed by atoms with Gasteiger partial charge < -0.3 is 4.74 Å². The van der Waals surface area contributed by atoms with Crippen LogP contribution >= 0.6 is 0 Å². The van der Waals surface area contributed by atoms with Crippen LogP contribution in [0.3, 0.4) is 0 Å². The second-order valence-electron chi connectivity index (χ2n) is 3.36. The standard InChI is InChI=1S/C9H13N3O3S/c13-16(14,12-4-6-15-7-5-12)11-9-2-1-3-10-8-9/h1-3,8,11H,4-7H2. The normalized spacial score (nSPS) is 18.2.